The van der Waals surface area contributed by atoms with Crippen molar-refractivity contribution in [3.05, 3.63) is 23.8 Å². The number of aryl methyl sites for hydroxylation is 1. The molecule has 1 saturated carbocycles. The van der Waals surface area contributed by atoms with Crippen LogP contribution in [0.15, 0.2) is 23.1 Å². The summed E-state index contributed by atoms with van der Waals surface area (Å²) >= 11 is 0. The van der Waals surface area contributed by atoms with Crippen LogP contribution in [0.4, 0.5) is 5.69 Å². The van der Waals surface area contributed by atoms with Gasteiger partial charge >= 0.3 is 0 Å². The van der Waals surface area contributed by atoms with Crippen molar-refractivity contribution in [1.82, 2.24) is 4.72 Å². The number of nitrogen functional groups attached to an aromatic ring is 1. The third-order valence-electron chi connectivity index (χ3n) is 2.81. The fraction of sp³-hybridized carbons (Fsp3) is 0.455. The number of benzene rings is 1. The smallest absolute Gasteiger partial charge is 0.240 e. The lowest BCUT2D eigenvalue weighted by Gasteiger charge is -2.26. The number of hydrogen-bond donors (Lipinski definition) is 2. The summed E-state index contributed by atoms with van der Waals surface area (Å²) in [6, 6.07) is 4.99. The maximum absolute atomic E-state index is 12.0. The Labute approximate surface area is 95.9 Å². The molecule has 16 heavy (non-hydrogen) atoms. The van der Waals surface area contributed by atoms with Crippen LogP contribution in [0.1, 0.15) is 24.8 Å². The molecule has 0 unspecified atom stereocenters. The quantitative estimate of drug-likeness (QED) is 0.785. The molecule has 0 heterocycles. The Bertz CT molecular complexity index is 472. The summed E-state index contributed by atoms with van der Waals surface area (Å²) in [6.45, 7) is 1.83. The number of anilines is 1. The normalized spacial score (nSPS) is 17.1. The van der Waals surface area contributed by atoms with Crippen LogP contribution in [0.3, 0.4) is 0 Å². The van der Waals surface area contributed by atoms with Crippen LogP contribution < -0.4 is 10.5 Å². The van der Waals surface area contributed by atoms with Gasteiger partial charge in [0.2, 0.25) is 10.0 Å². The predicted molar refractivity (Wildman–Crippen MR) is 63.6 cm³/mol. The minimum atomic E-state index is -3.40. The average molecular weight is 240 g/mol. The number of nitrogens with two attached hydrogens (primary N) is 1. The average Bonchev–Trinajstić information content (AvgIpc) is 2.10. The van der Waals surface area contributed by atoms with Crippen LogP contribution in [0.25, 0.3) is 0 Å². The zero-order chi connectivity index (χ0) is 11.8. The van der Waals surface area contributed by atoms with Crippen molar-refractivity contribution in [1.29, 1.82) is 0 Å². The van der Waals surface area contributed by atoms with Gasteiger partial charge in [-0.05, 0) is 43.5 Å². The van der Waals surface area contributed by atoms with Crippen LogP contribution in [0.5, 0.6) is 0 Å². The van der Waals surface area contributed by atoms with Gasteiger partial charge < -0.3 is 5.73 Å². The highest BCUT2D eigenvalue weighted by atomic mass is 32.2. The van der Waals surface area contributed by atoms with Crippen molar-refractivity contribution >= 4 is 15.7 Å². The lowest BCUT2D eigenvalue weighted by atomic mass is 9.94. The standard InChI is InChI=1S/C11H16N2O2S/c1-8-5-9(12)7-11(6-8)16(14,15)13-10-3-2-4-10/h5-7,10,13H,2-4,12H2,1H3. The van der Waals surface area contributed by atoms with E-state index in [0.717, 1.165) is 24.8 Å². The fourth-order valence-corrected chi connectivity index (χ4v) is 3.19. The summed E-state index contributed by atoms with van der Waals surface area (Å²) in [5.41, 5.74) is 6.98. The molecule has 0 atom stereocenters. The second-order valence-corrected chi connectivity index (χ2v) is 6.04. The summed E-state index contributed by atoms with van der Waals surface area (Å²) in [7, 11) is -3.40. The van der Waals surface area contributed by atoms with Crippen LogP contribution in [-0.4, -0.2) is 14.5 Å². The van der Waals surface area contributed by atoms with E-state index in [9.17, 15) is 8.42 Å². The molecule has 5 heteroatoms. The zero-order valence-electron chi connectivity index (χ0n) is 9.23. The second-order valence-electron chi connectivity index (χ2n) is 4.33. The van der Waals surface area contributed by atoms with Crippen LogP contribution >= 0.6 is 0 Å². The van der Waals surface area contributed by atoms with Gasteiger partial charge in [-0.25, -0.2) is 13.1 Å². The first-order valence-electron chi connectivity index (χ1n) is 5.37. The highest BCUT2D eigenvalue weighted by Crippen LogP contribution is 2.22. The molecule has 2 rings (SSSR count). The van der Waals surface area contributed by atoms with E-state index >= 15 is 0 Å². The Morgan fingerprint density at radius 2 is 2.00 bits per heavy atom. The molecule has 0 spiro atoms. The van der Waals surface area contributed by atoms with E-state index in [1.807, 2.05) is 6.92 Å². The molecule has 0 saturated heterocycles. The lowest BCUT2D eigenvalue weighted by Crippen LogP contribution is -2.39. The Hall–Kier alpha value is -1.07. The van der Waals surface area contributed by atoms with Gasteiger partial charge in [0.15, 0.2) is 0 Å². The van der Waals surface area contributed by atoms with Crippen LogP contribution in [0.2, 0.25) is 0 Å². The van der Waals surface area contributed by atoms with Gasteiger partial charge in [-0.2, -0.15) is 0 Å². The number of rotatable bonds is 3. The molecule has 1 aromatic rings. The Balaban J connectivity index is 2.27. The number of nitrogens with one attached hydrogen (secondary N) is 1. The van der Waals surface area contributed by atoms with E-state index in [-0.39, 0.29) is 10.9 Å². The maximum Gasteiger partial charge on any atom is 0.240 e. The SMILES string of the molecule is Cc1cc(N)cc(S(=O)(=O)NC2CCC2)c1. The molecule has 0 aromatic heterocycles. The van der Waals surface area contributed by atoms with Crippen molar-refractivity contribution < 1.29 is 8.42 Å². The van der Waals surface area contributed by atoms with Gasteiger partial charge in [-0.15, -0.1) is 0 Å². The molecule has 0 radical (unpaired) electrons. The highest BCUT2D eigenvalue weighted by Gasteiger charge is 2.24. The fourth-order valence-electron chi connectivity index (χ4n) is 1.75. The summed E-state index contributed by atoms with van der Waals surface area (Å²) in [5.74, 6) is 0. The molecular formula is C11H16N2O2S. The first-order chi connectivity index (χ1) is 7.47. The van der Waals surface area contributed by atoms with Gasteiger partial charge in [-0.3, -0.25) is 0 Å². The van der Waals surface area contributed by atoms with Gasteiger partial charge in [0.25, 0.3) is 0 Å². The zero-order valence-corrected chi connectivity index (χ0v) is 10.0. The predicted octanol–water partition coefficient (Wildman–Crippen LogP) is 1.41. The summed E-state index contributed by atoms with van der Waals surface area (Å²) in [5, 5.41) is 0. The molecule has 1 aromatic carbocycles. The molecule has 3 N–H and O–H groups in total. The van der Waals surface area contributed by atoms with E-state index in [2.05, 4.69) is 4.72 Å². The van der Waals surface area contributed by atoms with Crippen LogP contribution in [0, 0.1) is 6.92 Å². The Kier molecular flexibility index (Phi) is 2.90. The highest BCUT2D eigenvalue weighted by molar-refractivity contribution is 7.89. The monoisotopic (exact) mass is 240 g/mol. The molecule has 88 valence electrons. The molecule has 1 aliphatic rings. The van der Waals surface area contributed by atoms with E-state index < -0.39 is 10.0 Å². The van der Waals surface area contributed by atoms with E-state index in [0.29, 0.717) is 5.69 Å². The number of hydrogen-bond acceptors (Lipinski definition) is 3. The third-order valence-corrected chi connectivity index (χ3v) is 4.31. The Morgan fingerprint density at radius 3 is 2.50 bits per heavy atom. The summed E-state index contributed by atoms with van der Waals surface area (Å²) in [4.78, 5) is 0.261. The van der Waals surface area contributed by atoms with Gasteiger partial charge in [0.05, 0.1) is 4.90 Å². The van der Waals surface area contributed by atoms with E-state index in [1.54, 1.807) is 12.1 Å². The van der Waals surface area contributed by atoms with Crippen molar-refractivity contribution in [2.24, 2.45) is 0 Å². The topological polar surface area (TPSA) is 72.2 Å². The van der Waals surface area contributed by atoms with Gasteiger partial charge in [-0.1, -0.05) is 6.42 Å². The molecule has 1 aliphatic carbocycles. The van der Waals surface area contributed by atoms with Crippen molar-refractivity contribution in [2.75, 3.05) is 5.73 Å². The molecule has 0 bridgehead atoms. The largest absolute Gasteiger partial charge is 0.399 e. The molecule has 4 nitrogen and oxygen atoms in total. The Morgan fingerprint density at radius 1 is 1.31 bits per heavy atom. The summed E-state index contributed by atoms with van der Waals surface area (Å²) in [6.07, 6.45) is 2.96. The van der Waals surface area contributed by atoms with Crippen molar-refractivity contribution in [3.63, 3.8) is 0 Å². The molecule has 1 fully saturated rings. The van der Waals surface area contributed by atoms with Gasteiger partial charge in [0, 0.05) is 11.7 Å². The van der Waals surface area contributed by atoms with Crippen LogP contribution in [-0.2, 0) is 10.0 Å². The second kappa shape index (κ2) is 4.07. The van der Waals surface area contributed by atoms with Crippen molar-refractivity contribution in [2.45, 2.75) is 37.1 Å². The molecule has 0 amide bonds. The van der Waals surface area contributed by atoms with Crippen molar-refractivity contribution in [3.8, 4) is 0 Å². The maximum atomic E-state index is 12.0. The van der Waals surface area contributed by atoms with Gasteiger partial charge in [0.1, 0.15) is 0 Å². The third kappa shape index (κ3) is 2.36. The lowest BCUT2D eigenvalue weighted by molar-refractivity contribution is 0.383. The number of sulfonamides is 1. The minimum absolute atomic E-state index is 0.103. The first kappa shape index (κ1) is 11.4. The van der Waals surface area contributed by atoms with E-state index in [4.69, 9.17) is 5.73 Å². The minimum Gasteiger partial charge on any atom is -0.399 e. The van der Waals surface area contributed by atoms with E-state index in [1.165, 1.54) is 6.07 Å². The summed E-state index contributed by atoms with van der Waals surface area (Å²) < 4.78 is 26.6. The first-order valence-corrected chi connectivity index (χ1v) is 6.85. The molecule has 0 aliphatic heterocycles. The molecular weight excluding hydrogens is 224 g/mol.